The minimum absolute atomic E-state index is 0.724. The third-order valence-corrected chi connectivity index (χ3v) is 5.13. The Balaban J connectivity index is 1.96. The lowest BCUT2D eigenvalue weighted by Crippen LogP contribution is -2.47. The first kappa shape index (κ1) is 15.3. The summed E-state index contributed by atoms with van der Waals surface area (Å²) in [7, 11) is 0. The Labute approximate surface area is 120 Å². The van der Waals surface area contributed by atoms with E-state index in [1.807, 2.05) is 0 Å². The molecule has 0 aromatic rings. The molecule has 1 saturated carbocycles. The summed E-state index contributed by atoms with van der Waals surface area (Å²) >= 11 is 0. The topological polar surface area (TPSA) is 15.3 Å². The second-order valence-corrected chi connectivity index (χ2v) is 7.15. The summed E-state index contributed by atoms with van der Waals surface area (Å²) in [5.74, 6) is 1.78. The van der Waals surface area contributed by atoms with Crippen LogP contribution in [0.3, 0.4) is 0 Å². The zero-order valence-electron chi connectivity index (χ0n) is 13.3. The van der Waals surface area contributed by atoms with Gasteiger partial charge in [0.2, 0.25) is 0 Å². The van der Waals surface area contributed by atoms with Gasteiger partial charge in [-0.3, -0.25) is 4.90 Å². The molecule has 1 saturated heterocycles. The zero-order valence-corrected chi connectivity index (χ0v) is 13.3. The van der Waals surface area contributed by atoms with E-state index in [2.05, 4.69) is 31.0 Å². The number of rotatable bonds is 4. The van der Waals surface area contributed by atoms with Crippen molar-refractivity contribution in [3.05, 3.63) is 0 Å². The Kier molecular flexibility index (Phi) is 6.15. The molecule has 0 amide bonds. The van der Waals surface area contributed by atoms with E-state index in [1.165, 1.54) is 64.6 Å². The normalized spacial score (nSPS) is 34.4. The van der Waals surface area contributed by atoms with Gasteiger partial charge < -0.3 is 5.32 Å². The van der Waals surface area contributed by atoms with E-state index in [4.69, 9.17) is 0 Å². The van der Waals surface area contributed by atoms with Gasteiger partial charge in [-0.25, -0.2) is 0 Å². The predicted octanol–water partition coefficient (Wildman–Crippen LogP) is 3.67. The highest BCUT2D eigenvalue weighted by molar-refractivity contribution is 4.87. The van der Waals surface area contributed by atoms with E-state index in [0.29, 0.717) is 0 Å². The molecule has 1 N–H and O–H groups in total. The lowest BCUT2D eigenvalue weighted by molar-refractivity contribution is 0.0969. The van der Waals surface area contributed by atoms with Crippen LogP contribution in [-0.4, -0.2) is 36.6 Å². The van der Waals surface area contributed by atoms with Gasteiger partial charge in [-0.2, -0.15) is 0 Å². The van der Waals surface area contributed by atoms with Crippen molar-refractivity contribution in [1.82, 2.24) is 10.2 Å². The molecule has 2 heteroatoms. The van der Waals surface area contributed by atoms with Crippen LogP contribution in [0, 0.1) is 11.8 Å². The smallest absolute Gasteiger partial charge is 0.0197 e. The molecule has 1 heterocycles. The number of nitrogens with one attached hydrogen (secondary N) is 1. The van der Waals surface area contributed by atoms with Crippen molar-refractivity contribution < 1.29 is 0 Å². The highest BCUT2D eigenvalue weighted by atomic mass is 15.2. The molecule has 2 rings (SSSR count). The third-order valence-electron chi connectivity index (χ3n) is 5.13. The molecule has 0 aromatic heterocycles. The minimum Gasteiger partial charge on any atom is -0.313 e. The Morgan fingerprint density at radius 2 is 1.95 bits per heavy atom. The third kappa shape index (κ3) is 4.46. The molecule has 0 aromatic carbocycles. The Morgan fingerprint density at radius 1 is 1.16 bits per heavy atom. The summed E-state index contributed by atoms with van der Waals surface area (Å²) < 4.78 is 0. The fraction of sp³-hybridized carbons (Fsp3) is 1.00. The second-order valence-electron chi connectivity index (χ2n) is 7.15. The van der Waals surface area contributed by atoms with Crippen molar-refractivity contribution >= 4 is 0 Å². The van der Waals surface area contributed by atoms with Crippen molar-refractivity contribution in [3.8, 4) is 0 Å². The van der Waals surface area contributed by atoms with Gasteiger partial charge in [0.25, 0.3) is 0 Å². The summed E-state index contributed by atoms with van der Waals surface area (Å²) in [4.78, 5) is 2.85. The maximum absolute atomic E-state index is 3.77. The van der Waals surface area contributed by atoms with Crippen molar-refractivity contribution in [2.24, 2.45) is 11.8 Å². The standard InChI is InChI=1S/C17H34N2/c1-4-15-8-5-6-9-17(15)19-11-7-10-18-16(13-19)12-14(2)3/h14-18H,4-13H2,1-3H3. The van der Waals surface area contributed by atoms with Crippen LogP contribution >= 0.6 is 0 Å². The predicted molar refractivity (Wildman–Crippen MR) is 83.5 cm³/mol. The van der Waals surface area contributed by atoms with Gasteiger partial charge in [-0.05, 0) is 50.6 Å². The maximum atomic E-state index is 3.77. The fourth-order valence-electron chi connectivity index (χ4n) is 4.20. The van der Waals surface area contributed by atoms with Crippen LogP contribution in [0.15, 0.2) is 0 Å². The quantitative estimate of drug-likeness (QED) is 0.835. The molecule has 3 unspecified atom stereocenters. The number of hydrogen-bond acceptors (Lipinski definition) is 2. The van der Waals surface area contributed by atoms with E-state index in [1.54, 1.807) is 0 Å². The molecule has 2 fully saturated rings. The maximum Gasteiger partial charge on any atom is 0.0197 e. The molecule has 0 spiro atoms. The van der Waals surface area contributed by atoms with Crippen LogP contribution in [0.2, 0.25) is 0 Å². The van der Waals surface area contributed by atoms with Crippen LogP contribution in [0.5, 0.6) is 0 Å². The average molecular weight is 266 g/mol. The van der Waals surface area contributed by atoms with Crippen LogP contribution < -0.4 is 5.32 Å². The lowest BCUT2D eigenvalue weighted by atomic mass is 9.81. The van der Waals surface area contributed by atoms with Gasteiger partial charge in [0.15, 0.2) is 0 Å². The summed E-state index contributed by atoms with van der Waals surface area (Å²) in [6.07, 6.45) is 9.90. The second kappa shape index (κ2) is 7.64. The highest BCUT2D eigenvalue weighted by Crippen LogP contribution is 2.31. The summed E-state index contributed by atoms with van der Waals surface area (Å²) in [6, 6.07) is 1.61. The SMILES string of the molecule is CCC1CCCCC1N1CCCNC(CC(C)C)C1. The van der Waals surface area contributed by atoms with Gasteiger partial charge >= 0.3 is 0 Å². The Morgan fingerprint density at radius 3 is 2.68 bits per heavy atom. The van der Waals surface area contributed by atoms with Gasteiger partial charge in [0, 0.05) is 18.6 Å². The molecule has 0 radical (unpaired) electrons. The Hall–Kier alpha value is -0.0800. The summed E-state index contributed by atoms with van der Waals surface area (Å²) in [5, 5.41) is 3.77. The highest BCUT2D eigenvalue weighted by Gasteiger charge is 2.31. The van der Waals surface area contributed by atoms with Crippen LogP contribution in [0.25, 0.3) is 0 Å². The van der Waals surface area contributed by atoms with E-state index < -0.39 is 0 Å². The van der Waals surface area contributed by atoms with Gasteiger partial charge in [0.05, 0.1) is 0 Å². The van der Waals surface area contributed by atoms with Crippen molar-refractivity contribution in [2.45, 2.75) is 77.8 Å². The zero-order chi connectivity index (χ0) is 13.7. The fourth-order valence-corrected chi connectivity index (χ4v) is 4.20. The number of nitrogens with zero attached hydrogens (tertiary/aromatic N) is 1. The molecule has 2 aliphatic rings. The molecule has 3 atom stereocenters. The molecule has 112 valence electrons. The van der Waals surface area contributed by atoms with Gasteiger partial charge in [0.1, 0.15) is 0 Å². The largest absolute Gasteiger partial charge is 0.313 e. The van der Waals surface area contributed by atoms with Crippen LogP contribution in [-0.2, 0) is 0 Å². The molecule has 2 nitrogen and oxygen atoms in total. The van der Waals surface area contributed by atoms with Crippen LogP contribution in [0.4, 0.5) is 0 Å². The van der Waals surface area contributed by atoms with E-state index >= 15 is 0 Å². The summed E-state index contributed by atoms with van der Waals surface area (Å²) in [6.45, 7) is 10.9. The van der Waals surface area contributed by atoms with E-state index in [9.17, 15) is 0 Å². The van der Waals surface area contributed by atoms with E-state index in [-0.39, 0.29) is 0 Å². The molecule has 1 aliphatic heterocycles. The van der Waals surface area contributed by atoms with Gasteiger partial charge in [-0.1, -0.05) is 40.0 Å². The molecule has 19 heavy (non-hydrogen) atoms. The minimum atomic E-state index is 0.724. The molecule has 1 aliphatic carbocycles. The monoisotopic (exact) mass is 266 g/mol. The number of hydrogen-bond donors (Lipinski definition) is 1. The average Bonchev–Trinajstić information content (AvgIpc) is 2.63. The first-order chi connectivity index (χ1) is 9.20. The van der Waals surface area contributed by atoms with Crippen molar-refractivity contribution in [1.29, 1.82) is 0 Å². The molecule has 0 bridgehead atoms. The van der Waals surface area contributed by atoms with Crippen molar-refractivity contribution in [3.63, 3.8) is 0 Å². The first-order valence-electron chi connectivity index (χ1n) is 8.68. The molecular formula is C17H34N2. The van der Waals surface area contributed by atoms with E-state index in [0.717, 1.165) is 23.9 Å². The van der Waals surface area contributed by atoms with Crippen molar-refractivity contribution in [2.75, 3.05) is 19.6 Å². The van der Waals surface area contributed by atoms with Crippen LogP contribution in [0.1, 0.15) is 65.7 Å². The Bertz CT molecular complexity index is 252. The van der Waals surface area contributed by atoms with Gasteiger partial charge in [-0.15, -0.1) is 0 Å². The lowest BCUT2D eigenvalue weighted by Gasteiger charge is -2.40. The molecular weight excluding hydrogens is 232 g/mol. The summed E-state index contributed by atoms with van der Waals surface area (Å²) in [5.41, 5.74) is 0. The first-order valence-corrected chi connectivity index (χ1v) is 8.68.